The molecule has 2 N–H and O–H groups in total. The third-order valence-corrected chi connectivity index (χ3v) is 3.50. The quantitative estimate of drug-likeness (QED) is 0.713. The van der Waals surface area contributed by atoms with E-state index in [2.05, 4.69) is 21.2 Å². The van der Waals surface area contributed by atoms with E-state index in [4.69, 9.17) is 4.74 Å². The summed E-state index contributed by atoms with van der Waals surface area (Å²) >= 11 is 3.35. The topological polar surface area (TPSA) is 58.6 Å². The Morgan fingerprint density at radius 2 is 2.05 bits per heavy atom. The first kappa shape index (κ1) is 17.1. The molecule has 0 heterocycles. The van der Waals surface area contributed by atoms with Crippen molar-refractivity contribution in [2.75, 3.05) is 13.2 Å². The van der Waals surface area contributed by atoms with Gasteiger partial charge < -0.3 is 15.2 Å². The lowest BCUT2D eigenvalue weighted by atomic mass is 10.0. The van der Waals surface area contributed by atoms with E-state index in [1.54, 1.807) is 6.92 Å². The molecule has 0 aromatic heterocycles. The Morgan fingerprint density at radius 3 is 2.65 bits per heavy atom. The van der Waals surface area contributed by atoms with Crippen molar-refractivity contribution >= 4 is 21.8 Å². The highest BCUT2D eigenvalue weighted by Crippen LogP contribution is 2.19. The van der Waals surface area contributed by atoms with Gasteiger partial charge in [0.25, 0.3) is 0 Å². The summed E-state index contributed by atoms with van der Waals surface area (Å²) in [4.78, 5) is 11.7. The number of amides is 1. The number of hydrogen-bond donors (Lipinski definition) is 2. The smallest absolute Gasteiger partial charge is 0.220 e. The number of halogens is 1. The van der Waals surface area contributed by atoms with Crippen molar-refractivity contribution in [3.8, 4) is 0 Å². The van der Waals surface area contributed by atoms with Crippen LogP contribution in [0.25, 0.3) is 0 Å². The van der Waals surface area contributed by atoms with Crippen molar-refractivity contribution in [1.82, 2.24) is 5.32 Å². The number of ether oxygens (including phenoxy) is 1. The van der Waals surface area contributed by atoms with Gasteiger partial charge in [0, 0.05) is 24.1 Å². The van der Waals surface area contributed by atoms with Gasteiger partial charge in [-0.25, -0.2) is 0 Å². The summed E-state index contributed by atoms with van der Waals surface area (Å²) < 4.78 is 6.14. The molecule has 2 unspecified atom stereocenters. The molecule has 1 amide bonds. The minimum Gasteiger partial charge on any atom is -0.386 e. The van der Waals surface area contributed by atoms with E-state index in [1.165, 1.54) is 0 Å². The predicted octanol–water partition coefficient (Wildman–Crippen LogP) is 2.80. The van der Waals surface area contributed by atoms with Crippen LogP contribution >= 0.6 is 15.9 Å². The maximum Gasteiger partial charge on any atom is 0.220 e. The third-order valence-electron chi connectivity index (χ3n) is 2.97. The van der Waals surface area contributed by atoms with Gasteiger partial charge in [-0.15, -0.1) is 0 Å². The fraction of sp³-hybridized carbons (Fsp3) is 0.533. The molecule has 0 saturated heterocycles. The van der Waals surface area contributed by atoms with Gasteiger partial charge in [-0.2, -0.15) is 0 Å². The molecule has 0 bridgehead atoms. The number of aliphatic hydroxyl groups excluding tert-OH is 1. The van der Waals surface area contributed by atoms with Gasteiger partial charge in [0.15, 0.2) is 0 Å². The van der Waals surface area contributed by atoms with Crippen molar-refractivity contribution in [3.05, 3.63) is 34.3 Å². The molecule has 0 spiro atoms. The molecule has 2 atom stereocenters. The number of hydrogen-bond acceptors (Lipinski definition) is 3. The summed E-state index contributed by atoms with van der Waals surface area (Å²) in [5.41, 5.74) is 0.787. The van der Waals surface area contributed by atoms with E-state index in [0.717, 1.165) is 10.0 Å². The zero-order valence-electron chi connectivity index (χ0n) is 11.9. The van der Waals surface area contributed by atoms with Crippen LogP contribution in [0.5, 0.6) is 0 Å². The van der Waals surface area contributed by atoms with Crippen LogP contribution in [0.2, 0.25) is 0 Å². The maximum atomic E-state index is 11.7. The van der Waals surface area contributed by atoms with E-state index in [1.807, 2.05) is 31.2 Å². The van der Waals surface area contributed by atoms with E-state index < -0.39 is 6.10 Å². The second kappa shape index (κ2) is 9.10. The zero-order chi connectivity index (χ0) is 15.0. The molecule has 5 heteroatoms. The van der Waals surface area contributed by atoms with Gasteiger partial charge in [0.2, 0.25) is 5.91 Å². The molecule has 1 aromatic carbocycles. The van der Waals surface area contributed by atoms with Gasteiger partial charge in [-0.1, -0.05) is 28.1 Å². The largest absolute Gasteiger partial charge is 0.386 e. The van der Waals surface area contributed by atoms with Crippen LogP contribution in [0.15, 0.2) is 28.7 Å². The predicted molar refractivity (Wildman–Crippen MR) is 82.4 cm³/mol. The Hall–Kier alpha value is -0.910. The minimum atomic E-state index is -0.709. The average molecular weight is 344 g/mol. The third kappa shape index (κ3) is 6.03. The van der Waals surface area contributed by atoms with Gasteiger partial charge in [-0.05, 0) is 38.0 Å². The number of aliphatic hydroxyl groups is 1. The number of nitrogens with one attached hydrogen (secondary N) is 1. The number of rotatable bonds is 8. The molecule has 1 rings (SSSR count). The standard InChI is InChI=1S/C15H22BrNO3/c1-3-20-10-4-5-14(18)17-11(2)15(19)12-6-8-13(16)9-7-12/h6-9,11,15,19H,3-5,10H2,1-2H3,(H,17,18). The lowest BCUT2D eigenvalue weighted by Gasteiger charge is -2.20. The van der Waals surface area contributed by atoms with Gasteiger partial charge >= 0.3 is 0 Å². The molecule has 112 valence electrons. The second-order valence-corrected chi connectivity index (χ2v) is 5.57. The van der Waals surface area contributed by atoms with Crippen molar-refractivity contribution in [2.45, 2.75) is 38.8 Å². The van der Waals surface area contributed by atoms with Crippen LogP contribution in [0, 0.1) is 0 Å². The molecular formula is C15H22BrNO3. The van der Waals surface area contributed by atoms with Crippen LogP contribution in [0.3, 0.4) is 0 Å². The van der Waals surface area contributed by atoms with Crippen LogP contribution < -0.4 is 5.32 Å². The summed E-state index contributed by atoms with van der Waals surface area (Å²) in [6.45, 7) is 4.98. The highest BCUT2D eigenvalue weighted by molar-refractivity contribution is 9.10. The molecule has 20 heavy (non-hydrogen) atoms. The first-order valence-corrected chi connectivity index (χ1v) is 7.64. The van der Waals surface area contributed by atoms with Crippen molar-refractivity contribution in [2.24, 2.45) is 0 Å². The van der Waals surface area contributed by atoms with Crippen LogP contribution in [-0.4, -0.2) is 30.3 Å². The molecule has 1 aromatic rings. The van der Waals surface area contributed by atoms with Crippen molar-refractivity contribution < 1.29 is 14.6 Å². The van der Waals surface area contributed by atoms with Gasteiger partial charge in [-0.3, -0.25) is 4.79 Å². The van der Waals surface area contributed by atoms with Gasteiger partial charge in [0.1, 0.15) is 0 Å². The monoisotopic (exact) mass is 343 g/mol. The molecular weight excluding hydrogens is 322 g/mol. The first-order valence-electron chi connectivity index (χ1n) is 6.85. The van der Waals surface area contributed by atoms with E-state index >= 15 is 0 Å². The summed E-state index contributed by atoms with van der Waals surface area (Å²) in [5, 5.41) is 13.0. The van der Waals surface area contributed by atoms with Crippen LogP contribution in [0.1, 0.15) is 38.4 Å². The Kier molecular flexibility index (Phi) is 7.80. The molecule has 0 fully saturated rings. The minimum absolute atomic E-state index is 0.0617. The molecule has 0 aliphatic heterocycles. The lowest BCUT2D eigenvalue weighted by molar-refractivity contribution is -0.122. The molecule has 4 nitrogen and oxygen atoms in total. The Bertz CT molecular complexity index is 408. The Labute approximate surface area is 128 Å². The summed E-state index contributed by atoms with van der Waals surface area (Å²) in [6, 6.07) is 7.10. The van der Waals surface area contributed by atoms with Gasteiger partial charge in [0.05, 0.1) is 12.1 Å². The SMILES string of the molecule is CCOCCCC(=O)NC(C)C(O)c1ccc(Br)cc1. The van der Waals surface area contributed by atoms with Crippen LogP contribution in [0.4, 0.5) is 0 Å². The normalized spacial score (nSPS) is 13.8. The molecule has 0 saturated carbocycles. The summed E-state index contributed by atoms with van der Waals surface area (Å²) in [5.74, 6) is -0.0617. The maximum absolute atomic E-state index is 11.7. The lowest BCUT2D eigenvalue weighted by Crippen LogP contribution is -2.37. The molecule has 0 aliphatic rings. The van der Waals surface area contributed by atoms with Crippen molar-refractivity contribution in [3.63, 3.8) is 0 Å². The summed E-state index contributed by atoms with van der Waals surface area (Å²) in [6.07, 6.45) is 0.400. The zero-order valence-corrected chi connectivity index (χ0v) is 13.5. The highest BCUT2D eigenvalue weighted by atomic mass is 79.9. The average Bonchev–Trinajstić information content (AvgIpc) is 2.43. The Morgan fingerprint density at radius 1 is 1.40 bits per heavy atom. The summed E-state index contributed by atoms with van der Waals surface area (Å²) in [7, 11) is 0. The second-order valence-electron chi connectivity index (χ2n) is 4.65. The fourth-order valence-electron chi connectivity index (χ4n) is 1.83. The first-order chi connectivity index (χ1) is 9.54. The van der Waals surface area contributed by atoms with E-state index in [0.29, 0.717) is 26.1 Å². The van der Waals surface area contributed by atoms with E-state index in [-0.39, 0.29) is 11.9 Å². The molecule has 0 aliphatic carbocycles. The number of carbonyl (C=O) groups is 1. The fourth-order valence-corrected chi connectivity index (χ4v) is 2.10. The molecule has 0 radical (unpaired) electrons. The number of carbonyl (C=O) groups excluding carboxylic acids is 1. The highest BCUT2D eigenvalue weighted by Gasteiger charge is 2.18. The Balaban J connectivity index is 2.39. The van der Waals surface area contributed by atoms with Crippen LogP contribution in [-0.2, 0) is 9.53 Å². The van der Waals surface area contributed by atoms with Crippen molar-refractivity contribution in [1.29, 1.82) is 0 Å². The van der Waals surface area contributed by atoms with E-state index in [9.17, 15) is 9.90 Å². The number of benzene rings is 1.